The van der Waals surface area contributed by atoms with Crippen LogP contribution in [0.3, 0.4) is 0 Å². The first-order valence-corrected chi connectivity index (χ1v) is 11.5. The summed E-state index contributed by atoms with van der Waals surface area (Å²) in [5, 5.41) is 2.91. The van der Waals surface area contributed by atoms with Gasteiger partial charge in [-0.15, -0.1) is 0 Å². The number of carbonyl (C=O) groups is 3. The van der Waals surface area contributed by atoms with Gasteiger partial charge in [-0.25, -0.2) is 4.79 Å². The fourth-order valence-electron chi connectivity index (χ4n) is 5.36. The molecule has 30 heavy (non-hydrogen) atoms. The molecule has 162 valence electrons. The van der Waals surface area contributed by atoms with Crippen molar-refractivity contribution in [2.45, 2.75) is 82.7 Å². The average molecular weight is 412 g/mol. The molecule has 0 aromatic heterocycles. The Morgan fingerprint density at radius 1 is 1.13 bits per heavy atom. The minimum Gasteiger partial charge on any atom is -0.336 e. The maximum atomic E-state index is 13.1. The first-order chi connectivity index (χ1) is 14.5. The predicted molar refractivity (Wildman–Crippen MR) is 115 cm³/mol. The highest BCUT2D eigenvalue weighted by molar-refractivity contribution is 6.07. The van der Waals surface area contributed by atoms with Crippen molar-refractivity contribution in [3.8, 4) is 0 Å². The van der Waals surface area contributed by atoms with E-state index in [1.165, 1.54) is 16.0 Å². The van der Waals surface area contributed by atoms with Crippen LogP contribution in [0.25, 0.3) is 0 Å². The number of benzene rings is 1. The summed E-state index contributed by atoms with van der Waals surface area (Å²) in [6.07, 6.45) is 8.62. The topological polar surface area (TPSA) is 69.7 Å². The van der Waals surface area contributed by atoms with E-state index in [1.54, 1.807) is 0 Å². The Balaban J connectivity index is 1.37. The molecule has 0 radical (unpaired) electrons. The van der Waals surface area contributed by atoms with Gasteiger partial charge in [0.25, 0.3) is 5.91 Å². The van der Waals surface area contributed by atoms with E-state index in [0.29, 0.717) is 19.4 Å². The molecule has 2 saturated heterocycles. The Labute approximate surface area is 179 Å². The molecule has 2 heterocycles. The van der Waals surface area contributed by atoms with Gasteiger partial charge in [-0.1, -0.05) is 55.5 Å². The smallest absolute Gasteiger partial charge is 0.325 e. The summed E-state index contributed by atoms with van der Waals surface area (Å²) in [4.78, 5) is 41.6. The van der Waals surface area contributed by atoms with Crippen LogP contribution in [-0.2, 0) is 9.59 Å². The van der Waals surface area contributed by atoms with E-state index in [0.717, 1.165) is 57.9 Å². The SMILES string of the molecule is Cc1cccc([C@H]2CCCCCN2C(=O)CCCN2C(=O)NC3(CCCC3)C2=O)c1. The van der Waals surface area contributed by atoms with Crippen LogP contribution in [0.4, 0.5) is 4.79 Å². The third-order valence-electron chi connectivity index (χ3n) is 6.98. The van der Waals surface area contributed by atoms with Gasteiger partial charge in [0.1, 0.15) is 5.54 Å². The fraction of sp³-hybridized carbons (Fsp3) is 0.625. The summed E-state index contributed by atoms with van der Waals surface area (Å²) in [5.74, 6) is 0.0379. The normalized spacial score (nSPS) is 23.7. The highest BCUT2D eigenvalue weighted by Gasteiger charge is 2.52. The molecule has 1 aromatic carbocycles. The molecule has 1 aliphatic carbocycles. The van der Waals surface area contributed by atoms with Crippen LogP contribution in [0.2, 0.25) is 0 Å². The zero-order valence-corrected chi connectivity index (χ0v) is 18.0. The van der Waals surface area contributed by atoms with Crippen molar-refractivity contribution < 1.29 is 14.4 Å². The Bertz CT molecular complexity index is 816. The maximum Gasteiger partial charge on any atom is 0.325 e. The van der Waals surface area contributed by atoms with Crippen LogP contribution in [0.1, 0.15) is 81.4 Å². The van der Waals surface area contributed by atoms with Gasteiger partial charge in [-0.05, 0) is 44.6 Å². The molecule has 4 amide bonds. The van der Waals surface area contributed by atoms with Crippen molar-refractivity contribution in [1.29, 1.82) is 0 Å². The van der Waals surface area contributed by atoms with Crippen LogP contribution < -0.4 is 5.32 Å². The lowest BCUT2D eigenvalue weighted by molar-refractivity contribution is -0.135. The maximum absolute atomic E-state index is 13.1. The average Bonchev–Trinajstić information content (AvgIpc) is 3.17. The zero-order valence-electron chi connectivity index (χ0n) is 18.0. The lowest BCUT2D eigenvalue weighted by Gasteiger charge is -2.31. The largest absolute Gasteiger partial charge is 0.336 e. The summed E-state index contributed by atoms with van der Waals surface area (Å²) >= 11 is 0. The predicted octanol–water partition coefficient (Wildman–Crippen LogP) is 4.08. The second-order valence-corrected chi connectivity index (χ2v) is 9.15. The van der Waals surface area contributed by atoms with E-state index >= 15 is 0 Å². The van der Waals surface area contributed by atoms with Crippen LogP contribution >= 0.6 is 0 Å². The van der Waals surface area contributed by atoms with E-state index in [1.807, 2.05) is 4.90 Å². The van der Waals surface area contributed by atoms with Crippen LogP contribution in [-0.4, -0.2) is 46.3 Å². The first-order valence-electron chi connectivity index (χ1n) is 11.5. The van der Waals surface area contributed by atoms with Gasteiger partial charge >= 0.3 is 6.03 Å². The van der Waals surface area contributed by atoms with Gasteiger partial charge in [0.15, 0.2) is 0 Å². The number of nitrogens with one attached hydrogen (secondary N) is 1. The van der Waals surface area contributed by atoms with E-state index in [-0.39, 0.29) is 23.9 Å². The quantitative estimate of drug-likeness (QED) is 0.742. The van der Waals surface area contributed by atoms with Crippen molar-refractivity contribution >= 4 is 17.8 Å². The number of likely N-dealkylation sites (tertiary alicyclic amines) is 1. The Morgan fingerprint density at radius 3 is 2.70 bits per heavy atom. The van der Waals surface area contributed by atoms with Gasteiger partial charge in [-0.2, -0.15) is 0 Å². The van der Waals surface area contributed by atoms with E-state index in [4.69, 9.17) is 0 Å². The van der Waals surface area contributed by atoms with Crippen molar-refractivity contribution in [3.05, 3.63) is 35.4 Å². The molecular weight excluding hydrogens is 378 g/mol. The minimum absolute atomic E-state index is 0.0927. The molecule has 0 unspecified atom stereocenters. The fourth-order valence-corrected chi connectivity index (χ4v) is 5.36. The highest BCUT2D eigenvalue weighted by Crippen LogP contribution is 2.35. The number of hydrogen-bond acceptors (Lipinski definition) is 3. The van der Waals surface area contributed by atoms with Gasteiger partial charge in [0.2, 0.25) is 5.91 Å². The molecule has 0 bridgehead atoms. The standard InChI is InChI=1S/C24H33N3O3/c1-18-9-7-10-19(17-18)20-11-3-2-6-15-26(20)21(28)12-8-16-27-22(29)24(25-23(27)30)13-4-5-14-24/h7,9-10,17,20H,2-6,8,11-16H2,1H3,(H,25,30)/t20-/m1/s1. The van der Waals surface area contributed by atoms with Gasteiger partial charge in [0.05, 0.1) is 6.04 Å². The molecule has 6 heteroatoms. The summed E-state index contributed by atoms with van der Waals surface area (Å²) in [6.45, 7) is 3.19. The lowest BCUT2D eigenvalue weighted by atomic mass is 9.98. The number of amides is 4. The number of rotatable bonds is 5. The summed E-state index contributed by atoms with van der Waals surface area (Å²) in [5.41, 5.74) is 1.76. The molecule has 1 N–H and O–H groups in total. The van der Waals surface area contributed by atoms with E-state index in [9.17, 15) is 14.4 Å². The summed E-state index contributed by atoms with van der Waals surface area (Å²) < 4.78 is 0. The molecule has 4 rings (SSSR count). The monoisotopic (exact) mass is 411 g/mol. The zero-order chi connectivity index (χ0) is 21.1. The number of nitrogens with zero attached hydrogens (tertiary/aromatic N) is 2. The number of imide groups is 1. The lowest BCUT2D eigenvalue weighted by Crippen LogP contribution is -2.44. The van der Waals surface area contributed by atoms with Crippen molar-refractivity contribution in [3.63, 3.8) is 0 Å². The first kappa shape index (κ1) is 20.9. The second-order valence-electron chi connectivity index (χ2n) is 9.15. The summed E-state index contributed by atoms with van der Waals surface area (Å²) in [7, 11) is 0. The molecular formula is C24H33N3O3. The van der Waals surface area contributed by atoms with E-state index < -0.39 is 5.54 Å². The summed E-state index contributed by atoms with van der Waals surface area (Å²) in [6, 6.07) is 8.29. The number of urea groups is 1. The van der Waals surface area contributed by atoms with Crippen LogP contribution in [0.15, 0.2) is 24.3 Å². The molecule has 3 fully saturated rings. The molecule has 1 saturated carbocycles. The Hall–Kier alpha value is -2.37. The van der Waals surface area contributed by atoms with Crippen LogP contribution in [0.5, 0.6) is 0 Å². The molecule has 6 nitrogen and oxygen atoms in total. The molecule has 1 aromatic rings. The number of hydrogen-bond donors (Lipinski definition) is 1. The van der Waals surface area contributed by atoms with Crippen LogP contribution in [0, 0.1) is 6.92 Å². The Morgan fingerprint density at radius 2 is 1.93 bits per heavy atom. The second kappa shape index (κ2) is 8.78. The molecule has 1 spiro atoms. The van der Waals surface area contributed by atoms with Crippen molar-refractivity contribution in [2.24, 2.45) is 0 Å². The van der Waals surface area contributed by atoms with Crippen molar-refractivity contribution in [2.75, 3.05) is 13.1 Å². The third kappa shape index (κ3) is 4.09. The van der Waals surface area contributed by atoms with Gasteiger partial charge in [0, 0.05) is 19.5 Å². The van der Waals surface area contributed by atoms with E-state index in [2.05, 4.69) is 36.5 Å². The highest BCUT2D eigenvalue weighted by atomic mass is 16.2. The molecule has 1 atom stereocenters. The molecule has 2 aliphatic heterocycles. The molecule has 3 aliphatic rings. The van der Waals surface area contributed by atoms with Crippen molar-refractivity contribution in [1.82, 2.24) is 15.1 Å². The van der Waals surface area contributed by atoms with Gasteiger partial charge in [-0.3, -0.25) is 14.5 Å². The minimum atomic E-state index is -0.665. The third-order valence-corrected chi connectivity index (χ3v) is 6.98. The number of carbonyl (C=O) groups excluding carboxylic acids is 3. The Kier molecular flexibility index (Phi) is 6.11. The number of aryl methyl sites for hydroxylation is 1. The van der Waals surface area contributed by atoms with Gasteiger partial charge < -0.3 is 10.2 Å².